The van der Waals surface area contributed by atoms with Crippen molar-refractivity contribution in [1.82, 2.24) is 0 Å². The fraction of sp³-hybridized carbons (Fsp3) is 0.333. The largest absolute Gasteiger partial charge is 0.491 e. The number of hydrogen-bond donors (Lipinski definition) is 1. The van der Waals surface area contributed by atoms with E-state index in [9.17, 15) is 0 Å². The Morgan fingerprint density at radius 2 is 1.67 bits per heavy atom. The molecule has 0 saturated carbocycles. The highest BCUT2D eigenvalue weighted by Crippen LogP contribution is 2.27. The molecule has 3 heteroatoms. The van der Waals surface area contributed by atoms with Crippen LogP contribution in [0.4, 0.5) is 5.69 Å². The molecule has 2 rings (SSSR count). The third-order valence-electron chi connectivity index (χ3n) is 3.39. The van der Waals surface area contributed by atoms with Crippen LogP contribution in [0.25, 0.3) is 0 Å². The second-order valence-corrected chi connectivity index (χ2v) is 5.92. The number of benzene rings is 2. The normalized spacial score (nSPS) is 12.3. The van der Waals surface area contributed by atoms with E-state index < -0.39 is 0 Å². The minimum absolute atomic E-state index is 0.195. The second kappa shape index (κ2) is 6.86. The lowest BCUT2D eigenvalue weighted by Gasteiger charge is -2.18. The molecule has 2 nitrogen and oxygen atoms in total. The summed E-state index contributed by atoms with van der Waals surface area (Å²) in [6.45, 7) is 8.22. The molecule has 0 heterocycles. The van der Waals surface area contributed by atoms with E-state index in [-0.39, 0.29) is 12.1 Å². The first-order valence-corrected chi connectivity index (χ1v) is 7.63. The van der Waals surface area contributed by atoms with Gasteiger partial charge >= 0.3 is 0 Å². The molecule has 0 fully saturated rings. The zero-order valence-corrected chi connectivity index (χ0v) is 13.7. The number of hydrogen-bond acceptors (Lipinski definition) is 2. The summed E-state index contributed by atoms with van der Waals surface area (Å²) in [6, 6.07) is 14.3. The van der Waals surface area contributed by atoms with Crippen LogP contribution in [-0.2, 0) is 0 Å². The summed E-state index contributed by atoms with van der Waals surface area (Å²) in [4.78, 5) is 0. The van der Waals surface area contributed by atoms with Crippen LogP contribution in [0.5, 0.6) is 5.75 Å². The molecule has 112 valence electrons. The fourth-order valence-electron chi connectivity index (χ4n) is 2.19. The molecule has 0 aromatic heterocycles. The maximum absolute atomic E-state index is 6.16. The Kier molecular flexibility index (Phi) is 5.13. The molecule has 2 aromatic rings. The molecule has 0 spiro atoms. The van der Waals surface area contributed by atoms with Gasteiger partial charge in [0.15, 0.2) is 0 Å². The monoisotopic (exact) mass is 303 g/mol. The Balaban J connectivity index is 2.09. The summed E-state index contributed by atoms with van der Waals surface area (Å²) >= 11 is 6.16. The van der Waals surface area contributed by atoms with Crippen LogP contribution in [0.15, 0.2) is 42.5 Å². The number of nitrogens with one attached hydrogen (secondary N) is 1. The van der Waals surface area contributed by atoms with Gasteiger partial charge in [0.05, 0.1) is 6.10 Å². The molecule has 0 radical (unpaired) electrons. The predicted molar refractivity (Wildman–Crippen MR) is 90.4 cm³/mol. The van der Waals surface area contributed by atoms with Crippen LogP contribution in [0, 0.1) is 6.92 Å². The lowest BCUT2D eigenvalue weighted by atomic mass is 10.1. The molecule has 0 bridgehead atoms. The number of rotatable bonds is 5. The molecule has 2 aromatic carbocycles. The fourth-order valence-corrected chi connectivity index (χ4v) is 2.36. The first-order valence-electron chi connectivity index (χ1n) is 7.25. The van der Waals surface area contributed by atoms with Crippen LogP contribution in [0.3, 0.4) is 0 Å². The van der Waals surface area contributed by atoms with Gasteiger partial charge in [-0.1, -0.05) is 29.8 Å². The van der Waals surface area contributed by atoms with Crippen LogP contribution in [-0.4, -0.2) is 6.10 Å². The second-order valence-electron chi connectivity index (χ2n) is 5.51. The van der Waals surface area contributed by atoms with E-state index in [0.29, 0.717) is 0 Å². The minimum atomic E-state index is 0.195. The topological polar surface area (TPSA) is 21.3 Å². The van der Waals surface area contributed by atoms with Crippen molar-refractivity contribution in [2.45, 2.75) is 39.8 Å². The average molecular weight is 304 g/mol. The van der Waals surface area contributed by atoms with E-state index in [1.165, 1.54) is 5.56 Å². The maximum Gasteiger partial charge on any atom is 0.119 e. The molecule has 1 N–H and O–H groups in total. The van der Waals surface area contributed by atoms with Gasteiger partial charge < -0.3 is 10.1 Å². The Labute approximate surface area is 132 Å². The number of halogens is 1. The van der Waals surface area contributed by atoms with Gasteiger partial charge in [0.1, 0.15) is 5.75 Å². The van der Waals surface area contributed by atoms with Crippen molar-refractivity contribution >= 4 is 17.3 Å². The molecule has 0 amide bonds. The van der Waals surface area contributed by atoms with Crippen molar-refractivity contribution in [2.75, 3.05) is 5.32 Å². The lowest BCUT2D eigenvalue weighted by Crippen LogP contribution is -2.08. The highest BCUT2D eigenvalue weighted by molar-refractivity contribution is 6.31. The smallest absolute Gasteiger partial charge is 0.119 e. The highest BCUT2D eigenvalue weighted by atomic mass is 35.5. The predicted octanol–water partition coefficient (Wildman–Crippen LogP) is 5.61. The van der Waals surface area contributed by atoms with Gasteiger partial charge in [-0.05, 0) is 63.1 Å². The molecule has 1 atom stereocenters. The first-order chi connectivity index (χ1) is 9.97. The van der Waals surface area contributed by atoms with Crippen LogP contribution in [0.2, 0.25) is 5.02 Å². The van der Waals surface area contributed by atoms with E-state index in [4.69, 9.17) is 16.3 Å². The van der Waals surface area contributed by atoms with Gasteiger partial charge in [0, 0.05) is 16.8 Å². The van der Waals surface area contributed by atoms with Gasteiger partial charge in [-0.25, -0.2) is 0 Å². The number of anilines is 1. The summed E-state index contributed by atoms with van der Waals surface area (Å²) in [5, 5.41) is 4.29. The Hall–Kier alpha value is -1.67. The molecular formula is C18H22ClNO. The SMILES string of the molecule is Cc1c(Cl)cccc1NC(C)c1ccc(OC(C)C)cc1. The zero-order valence-electron chi connectivity index (χ0n) is 13.0. The number of ether oxygens (including phenoxy) is 1. The Morgan fingerprint density at radius 1 is 1.00 bits per heavy atom. The molecule has 0 saturated heterocycles. The molecule has 21 heavy (non-hydrogen) atoms. The molecule has 0 aliphatic carbocycles. The third-order valence-corrected chi connectivity index (χ3v) is 3.80. The summed E-state index contributed by atoms with van der Waals surface area (Å²) in [6.07, 6.45) is 0.195. The highest BCUT2D eigenvalue weighted by Gasteiger charge is 2.08. The van der Waals surface area contributed by atoms with Gasteiger partial charge in [-0.2, -0.15) is 0 Å². The maximum atomic E-state index is 6.16. The van der Waals surface area contributed by atoms with Gasteiger partial charge in [-0.15, -0.1) is 0 Å². The average Bonchev–Trinajstić information content (AvgIpc) is 2.44. The van der Waals surface area contributed by atoms with Gasteiger partial charge in [-0.3, -0.25) is 0 Å². The quantitative estimate of drug-likeness (QED) is 0.775. The summed E-state index contributed by atoms with van der Waals surface area (Å²) in [7, 11) is 0. The Morgan fingerprint density at radius 3 is 2.29 bits per heavy atom. The van der Waals surface area contributed by atoms with Crippen molar-refractivity contribution in [1.29, 1.82) is 0 Å². The van der Waals surface area contributed by atoms with Crippen LogP contribution in [0.1, 0.15) is 37.9 Å². The summed E-state index contributed by atoms with van der Waals surface area (Å²) in [5.41, 5.74) is 3.36. The van der Waals surface area contributed by atoms with Crippen molar-refractivity contribution in [3.63, 3.8) is 0 Å². The summed E-state index contributed by atoms with van der Waals surface area (Å²) < 4.78 is 5.66. The molecule has 1 unspecified atom stereocenters. The van der Waals surface area contributed by atoms with Crippen LogP contribution >= 0.6 is 11.6 Å². The van der Waals surface area contributed by atoms with Crippen molar-refractivity contribution in [2.24, 2.45) is 0 Å². The van der Waals surface area contributed by atoms with E-state index in [0.717, 1.165) is 22.0 Å². The van der Waals surface area contributed by atoms with Gasteiger partial charge in [0.2, 0.25) is 0 Å². The third kappa shape index (κ3) is 4.15. The molecule has 0 aliphatic heterocycles. The van der Waals surface area contributed by atoms with E-state index in [2.05, 4.69) is 24.4 Å². The molecular weight excluding hydrogens is 282 g/mol. The van der Waals surface area contributed by atoms with E-state index >= 15 is 0 Å². The van der Waals surface area contributed by atoms with Crippen molar-refractivity contribution < 1.29 is 4.74 Å². The van der Waals surface area contributed by atoms with Crippen molar-refractivity contribution in [3.05, 3.63) is 58.6 Å². The van der Waals surface area contributed by atoms with Crippen LogP contribution < -0.4 is 10.1 Å². The van der Waals surface area contributed by atoms with Gasteiger partial charge in [0.25, 0.3) is 0 Å². The lowest BCUT2D eigenvalue weighted by molar-refractivity contribution is 0.242. The Bertz CT molecular complexity index is 593. The van der Waals surface area contributed by atoms with E-state index in [1.807, 2.05) is 51.1 Å². The zero-order chi connectivity index (χ0) is 15.4. The minimum Gasteiger partial charge on any atom is -0.491 e. The van der Waals surface area contributed by atoms with Crippen molar-refractivity contribution in [3.8, 4) is 5.75 Å². The first kappa shape index (κ1) is 15.7. The standard InChI is InChI=1S/C18H22ClNO/c1-12(2)21-16-10-8-15(9-11-16)14(4)20-18-7-5-6-17(19)13(18)3/h5-12,14,20H,1-4H3. The molecule has 0 aliphatic rings. The summed E-state index contributed by atoms with van der Waals surface area (Å²) in [5.74, 6) is 0.903. The van der Waals surface area contributed by atoms with E-state index in [1.54, 1.807) is 0 Å².